The van der Waals surface area contributed by atoms with Crippen LogP contribution in [0.1, 0.15) is 11.1 Å². The van der Waals surface area contributed by atoms with Gasteiger partial charge in [-0.25, -0.2) is 8.42 Å². The molecule has 0 spiro atoms. The maximum atomic E-state index is 12.5. The highest BCUT2D eigenvalue weighted by Crippen LogP contribution is 2.20. The van der Waals surface area contributed by atoms with Crippen LogP contribution in [-0.4, -0.2) is 18.6 Å². The van der Waals surface area contributed by atoms with Crippen molar-refractivity contribution in [3.63, 3.8) is 0 Å². The van der Waals surface area contributed by atoms with Crippen molar-refractivity contribution in [1.29, 1.82) is 0 Å². The van der Waals surface area contributed by atoms with Gasteiger partial charge in [0.15, 0.2) is 0 Å². The number of rotatable bonds is 4. The molecule has 0 aliphatic carbocycles. The predicted molar refractivity (Wildman–Crippen MR) is 92.6 cm³/mol. The van der Waals surface area contributed by atoms with Crippen LogP contribution in [-0.2, 0) is 15.8 Å². The third kappa shape index (κ3) is 3.09. The topological polar surface area (TPSA) is 112 Å². The van der Waals surface area contributed by atoms with Crippen molar-refractivity contribution in [2.75, 3.05) is 4.72 Å². The van der Waals surface area contributed by atoms with Crippen LogP contribution in [0.15, 0.2) is 52.1 Å². The number of hydrogen-bond acceptors (Lipinski definition) is 4. The Hall–Kier alpha value is -2.87. The van der Waals surface area contributed by atoms with E-state index in [-0.39, 0.29) is 22.2 Å². The number of aromatic amines is 2. The monoisotopic (exact) mass is 345 g/mol. The van der Waals surface area contributed by atoms with Crippen LogP contribution in [0.4, 0.5) is 5.69 Å². The Morgan fingerprint density at radius 3 is 2.42 bits per heavy atom. The minimum Gasteiger partial charge on any atom is -0.282 e. The SMILES string of the molecule is Cc1ccccc1CS(=O)(=O)Nc1cccc2c(=O)[nH][nH]c(=O)c12. The molecule has 8 heteroatoms. The summed E-state index contributed by atoms with van der Waals surface area (Å²) in [7, 11) is -3.75. The third-order valence-electron chi connectivity index (χ3n) is 3.70. The van der Waals surface area contributed by atoms with E-state index in [0.29, 0.717) is 5.56 Å². The molecule has 3 N–H and O–H groups in total. The Morgan fingerprint density at radius 1 is 0.958 bits per heavy atom. The number of benzene rings is 2. The molecule has 0 unspecified atom stereocenters. The number of nitrogens with one attached hydrogen (secondary N) is 3. The number of fused-ring (bicyclic) bond motifs is 1. The smallest absolute Gasteiger partial charge is 0.272 e. The van der Waals surface area contributed by atoms with Gasteiger partial charge in [0.2, 0.25) is 10.0 Å². The van der Waals surface area contributed by atoms with Crippen LogP contribution in [0.25, 0.3) is 10.8 Å². The lowest BCUT2D eigenvalue weighted by Crippen LogP contribution is -2.22. The summed E-state index contributed by atoms with van der Waals surface area (Å²) in [5.74, 6) is -0.225. The maximum Gasteiger partial charge on any atom is 0.272 e. The molecule has 1 aromatic heterocycles. The number of H-pyrrole nitrogens is 2. The van der Waals surface area contributed by atoms with E-state index in [1.54, 1.807) is 12.1 Å². The van der Waals surface area contributed by atoms with Crippen molar-refractivity contribution in [1.82, 2.24) is 10.2 Å². The Labute approximate surface area is 137 Å². The Morgan fingerprint density at radius 2 is 1.67 bits per heavy atom. The van der Waals surface area contributed by atoms with Crippen molar-refractivity contribution in [3.8, 4) is 0 Å². The summed E-state index contributed by atoms with van der Waals surface area (Å²) in [6.07, 6.45) is 0. The summed E-state index contributed by atoms with van der Waals surface area (Å²) >= 11 is 0. The molecule has 0 amide bonds. The number of aromatic nitrogens is 2. The van der Waals surface area contributed by atoms with Crippen molar-refractivity contribution < 1.29 is 8.42 Å². The second-order valence-electron chi connectivity index (χ2n) is 5.42. The van der Waals surface area contributed by atoms with E-state index >= 15 is 0 Å². The molecule has 0 saturated heterocycles. The predicted octanol–water partition coefficient (Wildman–Crippen LogP) is 1.47. The molecule has 0 saturated carbocycles. The second kappa shape index (κ2) is 5.97. The van der Waals surface area contributed by atoms with E-state index in [2.05, 4.69) is 14.9 Å². The van der Waals surface area contributed by atoms with Crippen LogP contribution in [0.3, 0.4) is 0 Å². The fourth-order valence-electron chi connectivity index (χ4n) is 2.49. The lowest BCUT2D eigenvalue weighted by molar-refractivity contribution is 0.600. The van der Waals surface area contributed by atoms with Crippen molar-refractivity contribution in [2.24, 2.45) is 0 Å². The van der Waals surface area contributed by atoms with E-state index in [1.165, 1.54) is 18.2 Å². The molecule has 0 atom stereocenters. The molecule has 1 heterocycles. The third-order valence-corrected chi connectivity index (χ3v) is 4.92. The van der Waals surface area contributed by atoms with Crippen LogP contribution < -0.4 is 15.8 Å². The van der Waals surface area contributed by atoms with Crippen LogP contribution in [0.5, 0.6) is 0 Å². The molecule has 0 aliphatic rings. The molecule has 0 fully saturated rings. The maximum absolute atomic E-state index is 12.5. The zero-order valence-corrected chi connectivity index (χ0v) is 13.6. The summed E-state index contributed by atoms with van der Waals surface area (Å²) in [4.78, 5) is 23.8. The molecular formula is C16H15N3O4S. The molecule has 3 rings (SSSR count). The van der Waals surface area contributed by atoms with Gasteiger partial charge >= 0.3 is 0 Å². The first kappa shape index (κ1) is 16.0. The fraction of sp³-hybridized carbons (Fsp3) is 0.125. The zero-order valence-electron chi connectivity index (χ0n) is 12.8. The van der Waals surface area contributed by atoms with Crippen LogP contribution in [0, 0.1) is 6.92 Å². The zero-order chi connectivity index (χ0) is 17.3. The standard InChI is InChI=1S/C16H15N3O4S/c1-10-5-2-3-6-11(10)9-24(22,23)19-13-8-4-7-12-14(13)16(21)18-17-15(12)20/h2-8,19H,9H2,1H3,(H,17,20)(H,18,21). The lowest BCUT2D eigenvalue weighted by Gasteiger charge is -2.11. The van der Waals surface area contributed by atoms with Crippen LogP contribution >= 0.6 is 0 Å². The van der Waals surface area contributed by atoms with Crippen molar-refractivity contribution in [2.45, 2.75) is 12.7 Å². The van der Waals surface area contributed by atoms with Crippen molar-refractivity contribution >= 4 is 26.5 Å². The average molecular weight is 345 g/mol. The Bertz CT molecular complexity index is 1130. The minimum absolute atomic E-state index is 0.00890. The summed E-state index contributed by atoms with van der Waals surface area (Å²) in [5.41, 5.74) is 0.531. The van der Waals surface area contributed by atoms with Gasteiger partial charge in [-0.1, -0.05) is 30.3 Å². The van der Waals surface area contributed by atoms with Gasteiger partial charge in [-0.2, -0.15) is 0 Å². The Balaban J connectivity index is 2.04. The number of sulfonamides is 1. The molecule has 2 aromatic carbocycles. The van der Waals surface area contributed by atoms with Gasteiger partial charge in [0.25, 0.3) is 11.1 Å². The number of aryl methyl sites for hydroxylation is 1. The molecule has 0 aliphatic heterocycles. The Kier molecular flexibility index (Phi) is 3.98. The van der Waals surface area contributed by atoms with Gasteiger partial charge in [-0.15, -0.1) is 0 Å². The molecule has 124 valence electrons. The van der Waals surface area contributed by atoms with Gasteiger partial charge in [0, 0.05) is 0 Å². The highest BCUT2D eigenvalue weighted by Gasteiger charge is 2.16. The van der Waals surface area contributed by atoms with E-state index in [0.717, 1.165) is 5.56 Å². The first-order chi connectivity index (χ1) is 11.4. The van der Waals surface area contributed by atoms with Crippen LogP contribution in [0.2, 0.25) is 0 Å². The molecule has 7 nitrogen and oxygen atoms in total. The van der Waals surface area contributed by atoms with Crippen molar-refractivity contribution in [3.05, 3.63) is 74.3 Å². The molecule has 0 radical (unpaired) electrons. The highest BCUT2D eigenvalue weighted by molar-refractivity contribution is 7.91. The first-order valence-electron chi connectivity index (χ1n) is 7.16. The normalized spacial score (nSPS) is 11.5. The molecule has 0 bridgehead atoms. The van der Waals surface area contributed by atoms with E-state index in [9.17, 15) is 18.0 Å². The fourth-order valence-corrected chi connectivity index (χ4v) is 3.81. The minimum atomic E-state index is -3.75. The number of hydrogen-bond donors (Lipinski definition) is 3. The molecule has 24 heavy (non-hydrogen) atoms. The average Bonchev–Trinajstić information content (AvgIpc) is 2.53. The van der Waals surface area contributed by atoms with Gasteiger partial charge in [-0.05, 0) is 30.2 Å². The largest absolute Gasteiger partial charge is 0.282 e. The quantitative estimate of drug-likeness (QED) is 0.664. The second-order valence-corrected chi connectivity index (χ2v) is 7.15. The highest BCUT2D eigenvalue weighted by atomic mass is 32.2. The lowest BCUT2D eigenvalue weighted by atomic mass is 10.1. The van der Waals surface area contributed by atoms with Gasteiger partial charge in [0.1, 0.15) is 0 Å². The molecule has 3 aromatic rings. The number of anilines is 1. The summed E-state index contributed by atoms with van der Waals surface area (Å²) in [6, 6.07) is 11.6. The summed E-state index contributed by atoms with van der Waals surface area (Å²) in [6.45, 7) is 1.83. The summed E-state index contributed by atoms with van der Waals surface area (Å²) < 4.78 is 27.3. The van der Waals surface area contributed by atoms with Gasteiger partial charge in [-0.3, -0.25) is 24.5 Å². The van der Waals surface area contributed by atoms with E-state index in [4.69, 9.17) is 0 Å². The van der Waals surface area contributed by atoms with E-state index < -0.39 is 21.1 Å². The van der Waals surface area contributed by atoms with E-state index in [1.807, 2.05) is 19.1 Å². The van der Waals surface area contributed by atoms with Gasteiger partial charge < -0.3 is 0 Å². The molecular weight excluding hydrogens is 330 g/mol. The summed E-state index contributed by atoms with van der Waals surface area (Å²) in [5, 5.41) is 4.54. The first-order valence-corrected chi connectivity index (χ1v) is 8.81. The van der Waals surface area contributed by atoms with Gasteiger partial charge in [0.05, 0.1) is 22.2 Å².